The molecule has 1 aliphatic rings. The van der Waals surface area contributed by atoms with Gasteiger partial charge in [-0.3, -0.25) is 0 Å². The summed E-state index contributed by atoms with van der Waals surface area (Å²) in [6.45, 7) is 8.19. The molecule has 0 N–H and O–H groups in total. The number of allylic oxidation sites excluding steroid dienone is 4. The smallest absolute Gasteiger partial charge is 0.0969 e. The lowest BCUT2D eigenvalue weighted by Crippen LogP contribution is -2.08. The Morgan fingerprint density at radius 1 is 0.857 bits per heavy atom. The molecule has 0 aromatic heterocycles. The SMILES string of the molecule is CC(C)OC1=CC=C(OC(C)C)CC1. The molecule has 0 spiro atoms. The maximum Gasteiger partial charge on any atom is 0.0969 e. The Morgan fingerprint density at radius 2 is 1.21 bits per heavy atom. The number of hydrogen-bond donors (Lipinski definition) is 0. The molecule has 0 aliphatic heterocycles. The fraction of sp³-hybridized carbons (Fsp3) is 0.667. The number of ether oxygens (including phenoxy) is 2. The van der Waals surface area contributed by atoms with E-state index in [4.69, 9.17) is 9.47 Å². The average Bonchev–Trinajstić information content (AvgIpc) is 2.06. The van der Waals surface area contributed by atoms with Crippen LogP contribution in [0.1, 0.15) is 40.5 Å². The summed E-state index contributed by atoms with van der Waals surface area (Å²) in [6, 6.07) is 0. The van der Waals surface area contributed by atoms with Crippen LogP contribution in [0.4, 0.5) is 0 Å². The second kappa shape index (κ2) is 5.08. The molecule has 0 bridgehead atoms. The minimum atomic E-state index is 0.266. The van der Waals surface area contributed by atoms with Gasteiger partial charge in [0, 0.05) is 12.8 Å². The summed E-state index contributed by atoms with van der Waals surface area (Å²) in [5, 5.41) is 0. The van der Waals surface area contributed by atoms with Gasteiger partial charge in [-0.15, -0.1) is 0 Å². The Kier molecular flexibility index (Phi) is 4.05. The first kappa shape index (κ1) is 11.2. The molecule has 0 saturated carbocycles. The van der Waals surface area contributed by atoms with Crippen LogP contribution in [0, 0.1) is 0 Å². The highest BCUT2D eigenvalue weighted by molar-refractivity contribution is 5.17. The maximum atomic E-state index is 5.61. The van der Waals surface area contributed by atoms with Crippen LogP contribution in [0.15, 0.2) is 23.7 Å². The number of hydrogen-bond acceptors (Lipinski definition) is 2. The molecule has 1 rings (SSSR count). The molecule has 0 heterocycles. The first-order valence-corrected chi connectivity index (χ1v) is 5.31. The largest absolute Gasteiger partial charge is 0.495 e. The van der Waals surface area contributed by atoms with Crippen molar-refractivity contribution in [2.24, 2.45) is 0 Å². The fourth-order valence-corrected chi connectivity index (χ4v) is 1.40. The normalized spacial score (nSPS) is 16.7. The topological polar surface area (TPSA) is 18.5 Å². The van der Waals surface area contributed by atoms with E-state index < -0.39 is 0 Å². The molecule has 0 saturated heterocycles. The van der Waals surface area contributed by atoms with Crippen molar-refractivity contribution in [3.8, 4) is 0 Å². The van der Waals surface area contributed by atoms with Gasteiger partial charge in [0.15, 0.2) is 0 Å². The molecule has 14 heavy (non-hydrogen) atoms. The molecule has 80 valence electrons. The van der Waals surface area contributed by atoms with Crippen molar-refractivity contribution in [2.75, 3.05) is 0 Å². The van der Waals surface area contributed by atoms with Crippen molar-refractivity contribution in [3.63, 3.8) is 0 Å². The Labute approximate surface area is 86.6 Å². The zero-order valence-corrected chi connectivity index (χ0v) is 9.54. The lowest BCUT2D eigenvalue weighted by Gasteiger charge is -2.19. The van der Waals surface area contributed by atoms with E-state index in [0.29, 0.717) is 0 Å². The minimum Gasteiger partial charge on any atom is -0.495 e. The predicted molar refractivity (Wildman–Crippen MR) is 57.8 cm³/mol. The Hall–Kier alpha value is -0.920. The molecular formula is C12H20O2. The molecule has 0 fully saturated rings. The highest BCUT2D eigenvalue weighted by Gasteiger charge is 2.10. The van der Waals surface area contributed by atoms with Gasteiger partial charge < -0.3 is 9.47 Å². The summed E-state index contributed by atoms with van der Waals surface area (Å²) >= 11 is 0. The van der Waals surface area contributed by atoms with E-state index in [1.807, 2.05) is 39.8 Å². The van der Waals surface area contributed by atoms with Gasteiger partial charge >= 0.3 is 0 Å². The summed E-state index contributed by atoms with van der Waals surface area (Å²) in [5.41, 5.74) is 0. The van der Waals surface area contributed by atoms with E-state index in [2.05, 4.69) is 0 Å². The van der Waals surface area contributed by atoms with Crippen molar-refractivity contribution in [1.29, 1.82) is 0 Å². The Morgan fingerprint density at radius 3 is 1.43 bits per heavy atom. The van der Waals surface area contributed by atoms with Gasteiger partial charge in [-0.2, -0.15) is 0 Å². The molecule has 0 amide bonds. The van der Waals surface area contributed by atoms with Gasteiger partial charge in [0.05, 0.1) is 23.7 Å². The maximum absolute atomic E-state index is 5.61. The van der Waals surface area contributed by atoms with Crippen LogP contribution in [0.5, 0.6) is 0 Å². The van der Waals surface area contributed by atoms with E-state index in [1.165, 1.54) is 0 Å². The molecule has 0 aromatic rings. The summed E-state index contributed by atoms with van der Waals surface area (Å²) in [4.78, 5) is 0. The van der Waals surface area contributed by atoms with E-state index >= 15 is 0 Å². The van der Waals surface area contributed by atoms with Crippen LogP contribution in [-0.2, 0) is 9.47 Å². The van der Waals surface area contributed by atoms with Crippen LogP contribution in [0.3, 0.4) is 0 Å². The average molecular weight is 196 g/mol. The van der Waals surface area contributed by atoms with Crippen LogP contribution in [0.25, 0.3) is 0 Å². The summed E-state index contributed by atoms with van der Waals surface area (Å²) in [6.07, 6.45) is 6.47. The van der Waals surface area contributed by atoms with Crippen LogP contribution >= 0.6 is 0 Å². The van der Waals surface area contributed by atoms with Crippen molar-refractivity contribution in [1.82, 2.24) is 0 Å². The van der Waals surface area contributed by atoms with Gasteiger partial charge in [-0.25, -0.2) is 0 Å². The van der Waals surface area contributed by atoms with Gasteiger partial charge in [0.25, 0.3) is 0 Å². The Bertz CT molecular complexity index is 211. The quantitative estimate of drug-likeness (QED) is 0.686. The van der Waals surface area contributed by atoms with Crippen molar-refractivity contribution < 1.29 is 9.47 Å². The van der Waals surface area contributed by atoms with Gasteiger partial charge in [-0.1, -0.05) is 0 Å². The first-order valence-electron chi connectivity index (χ1n) is 5.31. The zero-order chi connectivity index (χ0) is 10.6. The predicted octanol–water partition coefficient (Wildman–Crippen LogP) is 3.40. The molecule has 0 unspecified atom stereocenters. The lowest BCUT2D eigenvalue weighted by molar-refractivity contribution is 0.117. The van der Waals surface area contributed by atoms with Gasteiger partial charge in [-0.05, 0) is 39.8 Å². The van der Waals surface area contributed by atoms with Crippen LogP contribution < -0.4 is 0 Å². The second-order valence-corrected chi connectivity index (χ2v) is 4.10. The van der Waals surface area contributed by atoms with E-state index in [1.54, 1.807) is 0 Å². The van der Waals surface area contributed by atoms with Crippen molar-refractivity contribution in [2.45, 2.75) is 52.7 Å². The lowest BCUT2D eigenvalue weighted by atomic mass is 10.1. The third-order valence-electron chi connectivity index (χ3n) is 1.85. The summed E-state index contributed by atoms with van der Waals surface area (Å²) < 4.78 is 11.2. The summed E-state index contributed by atoms with van der Waals surface area (Å²) in [5.74, 6) is 2.13. The highest BCUT2D eigenvalue weighted by atomic mass is 16.5. The van der Waals surface area contributed by atoms with E-state index in [0.717, 1.165) is 24.4 Å². The summed E-state index contributed by atoms with van der Waals surface area (Å²) in [7, 11) is 0. The molecular weight excluding hydrogens is 176 g/mol. The molecule has 2 nitrogen and oxygen atoms in total. The van der Waals surface area contributed by atoms with Gasteiger partial charge in [0.2, 0.25) is 0 Å². The molecule has 1 aliphatic carbocycles. The Balaban J connectivity index is 2.46. The standard InChI is InChI=1S/C12H20O2/c1-9(2)13-11-5-7-12(8-6-11)14-10(3)4/h5,7,9-10H,6,8H2,1-4H3. The second-order valence-electron chi connectivity index (χ2n) is 4.10. The first-order chi connectivity index (χ1) is 6.58. The molecule has 2 heteroatoms. The minimum absolute atomic E-state index is 0.266. The molecule has 0 aromatic carbocycles. The van der Waals surface area contributed by atoms with Crippen molar-refractivity contribution in [3.05, 3.63) is 23.7 Å². The number of rotatable bonds is 4. The van der Waals surface area contributed by atoms with Crippen molar-refractivity contribution >= 4 is 0 Å². The zero-order valence-electron chi connectivity index (χ0n) is 9.54. The highest BCUT2D eigenvalue weighted by Crippen LogP contribution is 2.21. The third kappa shape index (κ3) is 3.86. The van der Waals surface area contributed by atoms with E-state index in [9.17, 15) is 0 Å². The monoisotopic (exact) mass is 196 g/mol. The molecule has 0 radical (unpaired) electrons. The third-order valence-corrected chi connectivity index (χ3v) is 1.85. The van der Waals surface area contributed by atoms with Gasteiger partial charge in [0.1, 0.15) is 0 Å². The van der Waals surface area contributed by atoms with Crippen LogP contribution in [-0.4, -0.2) is 12.2 Å². The molecule has 0 atom stereocenters. The fourth-order valence-electron chi connectivity index (χ4n) is 1.40. The van der Waals surface area contributed by atoms with E-state index in [-0.39, 0.29) is 12.2 Å². The van der Waals surface area contributed by atoms with Crippen LogP contribution in [0.2, 0.25) is 0 Å².